The van der Waals surface area contributed by atoms with Gasteiger partial charge in [-0.05, 0) is 12.3 Å². The second-order valence-electron chi connectivity index (χ2n) is 3.91. The minimum Gasteiger partial charge on any atom is -0.409 e. The van der Waals surface area contributed by atoms with Gasteiger partial charge in [0.25, 0.3) is 0 Å². The number of ether oxygens (including phenoxy) is 1. The van der Waals surface area contributed by atoms with Crippen molar-refractivity contribution in [3.8, 4) is 0 Å². The van der Waals surface area contributed by atoms with E-state index in [0.717, 1.165) is 0 Å². The van der Waals surface area contributed by atoms with Gasteiger partial charge < -0.3 is 21.0 Å². The number of nitrogens with one attached hydrogen (secondary N) is 1. The summed E-state index contributed by atoms with van der Waals surface area (Å²) in [7, 11) is 1.59. The molecule has 0 fully saturated rings. The second-order valence-corrected chi connectivity index (χ2v) is 3.91. The molecule has 0 aromatic heterocycles. The highest BCUT2D eigenvalue weighted by Gasteiger charge is 2.20. The van der Waals surface area contributed by atoms with Crippen molar-refractivity contribution in [1.82, 2.24) is 5.32 Å². The molecule has 0 saturated heterocycles. The summed E-state index contributed by atoms with van der Waals surface area (Å²) in [5, 5.41) is 14.2. The third-order valence-corrected chi connectivity index (χ3v) is 2.17. The summed E-state index contributed by atoms with van der Waals surface area (Å²) < 4.78 is 4.84. The van der Waals surface area contributed by atoms with E-state index in [1.165, 1.54) is 0 Å². The van der Waals surface area contributed by atoms with E-state index < -0.39 is 6.04 Å². The quantitative estimate of drug-likeness (QED) is 0.193. The average Bonchev–Trinajstić information content (AvgIpc) is 2.25. The number of nitrogens with zero attached hydrogens (tertiary/aromatic N) is 1. The maximum absolute atomic E-state index is 11.5. The fourth-order valence-electron chi connectivity index (χ4n) is 1.27. The van der Waals surface area contributed by atoms with Gasteiger partial charge in [-0.2, -0.15) is 0 Å². The molecule has 0 aromatic rings. The van der Waals surface area contributed by atoms with Crippen LogP contribution in [0.4, 0.5) is 0 Å². The molecule has 0 aromatic carbocycles. The first-order valence-electron chi connectivity index (χ1n) is 5.28. The number of carbonyl (C=O) groups is 1. The molecule has 0 bridgehead atoms. The van der Waals surface area contributed by atoms with Crippen LogP contribution in [-0.2, 0) is 9.53 Å². The lowest BCUT2D eigenvalue weighted by Crippen LogP contribution is -2.47. The predicted molar refractivity (Wildman–Crippen MR) is 61.3 cm³/mol. The lowest BCUT2D eigenvalue weighted by atomic mass is 10.0. The second kappa shape index (κ2) is 7.92. The standard InChI is InChI=1S/C10H21N3O3/c1-7(2)9(10(11)13-15)12-8(14)5-4-6-16-3/h7,9,15H,4-6H2,1-3H3,(H2,11,13)(H,12,14). The van der Waals surface area contributed by atoms with Gasteiger partial charge in [0.05, 0.1) is 6.04 Å². The zero-order valence-electron chi connectivity index (χ0n) is 10.1. The number of hydrogen-bond acceptors (Lipinski definition) is 4. The van der Waals surface area contributed by atoms with Crippen molar-refractivity contribution < 1.29 is 14.7 Å². The zero-order chi connectivity index (χ0) is 12.6. The number of methoxy groups -OCH3 is 1. The smallest absolute Gasteiger partial charge is 0.220 e. The summed E-state index contributed by atoms with van der Waals surface area (Å²) in [5.41, 5.74) is 5.48. The van der Waals surface area contributed by atoms with Crippen molar-refractivity contribution in [2.24, 2.45) is 16.8 Å². The SMILES string of the molecule is COCCCC(=O)NC(C(N)=NO)C(C)C. The summed E-state index contributed by atoms with van der Waals surface area (Å²) in [6.45, 7) is 4.32. The molecule has 4 N–H and O–H groups in total. The average molecular weight is 231 g/mol. The van der Waals surface area contributed by atoms with Gasteiger partial charge in [0.1, 0.15) is 0 Å². The molecule has 0 saturated carbocycles. The Morgan fingerprint density at radius 2 is 2.19 bits per heavy atom. The highest BCUT2D eigenvalue weighted by atomic mass is 16.5. The van der Waals surface area contributed by atoms with Crippen LogP contribution in [0.3, 0.4) is 0 Å². The van der Waals surface area contributed by atoms with Gasteiger partial charge in [0.15, 0.2) is 5.84 Å². The highest BCUT2D eigenvalue weighted by Crippen LogP contribution is 2.02. The molecule has 0 aliphatic rings. The van der Waals surface area contributed by atoms with Crippen LogP contribution >= 0.6 is 0 Å². The van der Waals surface area contributed by atoms with E-state index in [2.05, 4.69) is 10.5 Å². The summed E-state index contributed by atoms with van der Waals surface area (Å²) in [6.07, 6.45) is 1.03. The van der Waals surface area contributed by atoms with Gasteiger partial charge in [-0.25, -0.2) is 0 Å². The normalized spacial score (nSPS) is 13.9. The van der Waals surface area contributed by atoms with Crippen molar-refractivity contribution in [2.45, 2.75) is 32.7 Å². The molecule has 0 spiro atoms. The summed E-state index contributed by atoms with van der Waals surface area (Å²) in [4.78, 5) is 11.5. The first-order valence-corrected chi connectivity index (χ1v) is 5.28. The Hall–Kier alpha value is -1.30. The fraction of sp³-hybridized carbons (Fsp3) is 0.800. The molecule has 0 rings (SSSR count). The number of hydrogen-bond donors (Lipinski definition) is 3. The van der Waals surface area contributed by atoms with Crippen molar-refractivity contribution in [2.75, 3.05) is 13.7 Å². The maximum atomic E-state index is 11.5. The molecule has 0 heterocycles. The molecular weight excluding hydrogens is 210 g/mol. The van der Waals surface area contributed by atoms with Gasteiger partial charge in [-0.3, -0.25) is 4.79 Å². The number of rotatable bonds is 7. The molecule has 1 atom stereocenters. The van der Waals surface area contributed by atoms with Gasteiger partial charge in [-0.15, -0.1) is 0 Å². The van der Waals surface area contributed by atoms with Crippen LogP contribution in [0.5, 0.6) is 0 Å². The van der Waals surface area contributed by atoms with Gasteiger partial charge in [0.2, 0.25) is 5.91 Å². The maximum Gasteiger partial charge on any atom is 0.220 e. The Bertz CT molecular complexity index is 241. The van der Waals surface area contributed by atoms with Crippen LogP contribution in [0.2, 0.25) is 0 Å². The predicted octanol–water partition coefficient (Wildman–Crippen LogP) is 0.300. The van der Waals surface area contributed by atoms with E-state index in [1.807, 2.05) is 13.8 Å². The number of amides is 1. The van der Waals surface area contributed by atoms with Crippen LogP contribution in [0.1, 0.15) is 26.7 Å². The van der Waals surface area contributed by atoms with E-state index in [4.69, 9.17) is 15.7 Å². The van der Waals surface area contributed by atoms with E-state index in [1.54, 1.807) is 7.11 Å². The van der Waals surface area contributed by atoms with Crippen molar-refractivity contribution in [3.05, 3.63) is 0 Å². The fourth-order valence-corrected chi connectivity index (χ4v) is 1.27. The summed E-state index contributed by atoms with van der Waals surface area (Å²) >= 11 is 0. The number of nitrogens with two attached hydrogens (primary N) is 1. The van der Waals surface area contributed by atoms with Gasteiger partial charge in [-0.1, -0.05) is 19.0 Å². The van der Waals surface area contributed by atoms with Crippen LogP contribution < -0.4 is 11.1 Å². The van der Waals surface area contributed by atoms with Gasteiger partial charge in [0, 0.05) is 20.1 Å². The Balaban J connectivity index is 4.14. The van der Waals surface area contributed by atoms with Crippen molar-refractivity contribution >= 4 is 11.7 Å². The molecule has 0 radical (unpaired) electrons. The first-order chi connectivity index (χ1) is 7.52. The Morgan fingerprint density at radius 3 is 2.62 bits per heavy atom. The lowest BCUT2D eigenvalue weighted by Gasteiger charge is -2.20. The molecule has 1 amide bonds. The van der Waals surface area contributed by atoms with Crippen LogP contribution in [0, 0.1) is 5.92 Å². The Labute approximate surface area is 95.8 Å². The zero-order valence-corrected chi connectivity index (χ0v) is 10.1. The first kappa shape index (κ1) is 14.7. The molecule has 6 nitrogen and oxygen atoms in total. The topological polar surface area (TPSA) is 96.9 Å². The lowest BCUT2D eigenvalue weighted by molar-refractivity contribution is -0.121. The van der Waals surface area contributed by atoms with Crippen LogP contribution in [-0.4, -0.2) is 36.7 Å². The molecule has 6 heteroatoms. The molecule has 16 heavy (non-hydrogen) atoms. The summed E-state index contributed by atoms with van der Waals surface area (Å²) in [6, 6.07) is -0.431. The molecular formula is C10H21N3O3. The molecule has 0 aliphatic heterocycles. The van der Waals surface area contributed by atoms with E-state index in [9.17, 15) is 4.79 Å². The van der Waals surface area contributed by atoms with Gasteiger partial charge >= 0.3 is 0 Å². The summed E-state index contributed by atoms with van der Waals surface area (Å²) in [5.74, 6) is -0.0280. The van der Waals surface area contributed by atoms with Crippen LogP contribution in [0.15, 0.2) is 5.16 Å². The third-order valence-electron chi connectivity index (χ3n) is 2.17. The minimum atomic E-state index is -0.431. The molecule has 0 aliphatic carbocycles. The molecule has 1 unspecified atom stereocenters. The Morgan fingerprint density at radius 1 is 1.56 bits per heavy atom. The van der Waals surface area contributed by atoms with E-state index in [-0.39, 0.29) is 17.7 Å². The Kier molecular flexibility index (Phi) is 7.28. The van der Waals surface area contributed by atoms with E-state index in [0.29, 0.717) is 19.4 Å². The molecule has 94 valence electrons. The monoisotopic (exact) mass is 231 g/mol. The number of oxime groups is 1. The third kappa shape index (κ3) is 5.55. The van der Waals surface area contributed by atoms with Crippen LogP contribution in [0.25, 0.3) is 0 Å². The number of carbonyl (C=O) groups excluding carboxylic acids is 1. The minimum absolute atomic E-state index is 0.0232. The van der Waals surface area contributed by atoms with Crippen molar-refractivity contribution in [1.29, 1.82) is 0 Å². The highest BCUT2D eigenvalue weighted by molar-refractivity contribution is 5.90. The van der Waals surface area contributed by atoms with E-state index >= 15 is 0 Å². The van der Waals surface area contributed by atoms with Crippen molar-refractivity contribution in [3.63, 3.8) is 0 Å². The number of amidine groups is 1. The largest absolute Gasteiger partial charge is 0.409 e.